The highest BCUT2D eigenvalue weighted by molar-refractivity contribution is 7.89. The number of amides is 2. The summed E-state index contributed by atoms with van der Waals surface area (Å²) in [5.41, 5.74) is 0. The van der Waals surface area contributed by atoms with Crippen LogP contribution in [-0.2, 0) is 24.3 Å². The molecule has 0 atom stereocenters. The van der Waals surface area contributed by atoms with Gasteiger partial charge in [-0.25, -0.2) is 13.1 Å². The van der Waals surface area contributed by atoms with E-state index < -0.39 is 10.0 Å². The molecule has 0 unspecified atom stereocenters. The molecule has 1 fully saturated rings. The summed E-state index contributed by atoms with van der Waals surface area (Å²) in [4.78, 5) is 26.2. The molecule has 1 aliphatic heterocycles. The van der Waals surface area contributed by atoms with Crippen LogP contribution < -0.4 is 10.0 Å². The molecular weight excluding hydrogens is 418 g/mol. The third kappa shape index (κ3) is 7.26. The molecule has 162 valence electrons. The molecule has 1 aromatic rings. The Hall–Kier alpha value is -1.68. The van der Waals surface area contributed by atoms with Gasteiger partial charge in [0, 0.05) is 52.2 Å². The van der Waals surface area contributed by atoms with Gasteiger partial charge in [-0.3, -0.25) is 9.59 Å². The van der Waals surface area contributed by atoms with Gasteiger partial charge in [0.1, 0.15) is 4.90 Å². The molecule has 29 heavy (non-hydrogen) atoms. The lowest BCUT2D eigenvalue weighted by molar-refractivity contribution is -0.135. The zero-order valence-corrected chi connectivity index (χ0v) is 18.1. The van der Waals surface area contributed by atoms with Gasteiger partial charge in [-0.05, 0) is 31.4 Å². The van der Waals surface area contributed by atoms with E-state index in [-0.39, 0.29) is 40.6 Å². The molecule has 0 saturated carbocycles. The van der Waals surface area contributed by atoms with Crippen LogP contribution in [0.3, 0.4) is 0 Å². The first-order valence-corrected chi connectivity index (χ1v) is 11.5. The van der Waals surface area contributed by atoms with Gasteiger partial charge >= 0.3 is 0 Å². The Labute approximate surface area is 177 Å². The summed E-state index contributed by atoms with van der Waals surface area (Å²) in [5, 5.41) is 3.03. The van der Waals surface area contributed by atoms with Crippen LogP contribution in [0, 0.1) is 5.92 Å². The summed E-state index contributed by atoms with van der Waals surface area (Å²) >= 11 is 5.93. The van der Waals surface area contributed by atoms with E-state index in [2.05, 4.69) is 10.0 Å². The Kier molecular flexibility index (Phi) is 9.35. The van der Waals surface area contributed by atoms with Gasteiger partial charge in [0.2, 0.25) is 21.8 Å². The Morgan fingerprint density at radius 1 is 1.21 bits per heavy atom. The van der Waals surface area contributed by atoms with Crippen LogP contribution in [-0.4, -0.2) is 65.0 Å². The highest BCUT2D eigenvalue weighted by atomic mass is 35.5. The molecule has 1 heterocycles. The number of nitrogens with zero attached hydrogens (tertiary/aromatic N) is 1. The van der Waals surface area contributed by atoms with Crippen LogP contribution in [0.25, 0.3) is 0 Å². The molecule has 2 amide bonds. The van der Waals surface area contributed by atoms with Crippen LogP contribution in [0.15, 0.2) is 29.2 Å². The Morgan fingerprint density at radius 3 is 2.55 bits per heavy atom. The minimum absolute atomic E-state index is 0.00763. The lowest BCUT2D eigenvalue weighted by Gasteiger charge is -2.31. The predicted molar refractivity (Wildman–Crippen MR) is 110 cm³/mol. The highest BCUT2D eigenvalue weighted by Crippen LogP contribution is 2.20. The van der Waals surface area contributed by atoms with Crippen molar-refractivity contribution in [3.8, 4) is 0 Å². The topological polar surface area (TPSA) is 105 Å². The smallest absolute Gasteiger partial charge is 0.242 e. The fourth-order valence-electron chi connectivity index (χ4n) is 3.15. The van der Waals surface area contributed by atoms with Gasteiger partial charge in [0.05, 0.1) is 5.02 Å². The molecule has 1 aliphatic rings. The number of carbonyl (C=O) groups excluding carboxylic acids is 2. The summed E-state index contributed by atoms with van der Waals surface area (Å²) in [6.07, 6.45) is 2.03. The fraction of sp³-hybridized carbons (Fsp3) is 0.579. The average molecular weight is 446 g/mol. The van der Waals surface area contributed by atoms with Gasteiger partial charge in [0.25, 0.3) is 0 Å². The van der Waals surface area contributed by atoms with Crippen molar-refractivity contribution in [3.05, 3.63) is 29.3 Å². The number of sulfonamides is 1. The zero-order valence-electron chi connectivity index (χ0n) is 16.5. The summed E-state index contributed by atoms with van der Waals surface area (Å²) in [7, 11) is -2.14. The zero-order chi connectivity index (χ0) is 21.3. The molecule has 2 rings (SSSR count). The minimum atomic E-state index is -3.77. The van der Waals surface area contributed by atoms with E-state index >= 15 is 0 Å². The minimum Gasteiger partial charge on any atom is -0.385 e. The van der Waals surface area contributed by atoms with Crippen molar-refractivity contribution in [2.45, 2.75) is 30.6 Å². The average Bonchev–Trinajstić information content (AvgIpc) is 2.71. The molecule has 0 aliphatic carbocycles. The summed E-state index contributed by atoms with van der Waals surface area (Å²) in [6.45, 7) is 2.16. The standard InChI is InChI=1S/C19H28ClN3O5S/c1-28-14-4-10-21-19(25)15-8-12-23(13-9-15)18(24)7-11-22-29(26,27)17-6-3-2-5-16(17)20/h2-3,5-6,15,22H,4,7-14H2,1H3,(H,21,25). The number of hydrogen-bond acceptors (Lipinski definition) is 5. The third-order valence-electron chi connectivity index (χ3n) is 4.80. The monoisotopic (exact) mass is 445 g/mol. The molecule has 10 heteroatoms. The maximum Gasteiger partial charge on any atom is 0.242 e. The number of ether oxygens (including phenoxy) is 1. The second kappa shape index (κ2) is 11.5. The van der Waals surface area contributed by atoms with E-state index in [9.17, 15) is 18.0 Å². The molecule has 0 spiro atoms. The van der Waals surface area contributed by atoms with Crippen LogP contribution in [0.4, 0.5) is 0 Å². The lowest BCUT2D eigenvalue weighted by Crippen LogP contribution is -2.44. The van der Waals surface area contributed by atoms with Gasteiger partial charge in [0.15, 0.2) is 0 Å². The summed E-state index contributed by atoms with van der Waals surface area (Å²) in [6, 6.07) is 6.15. The fourth-order valence-corrected chi connectivity index (χ4v) is 4.70. The largest absolute Gasteiger partial charge is 0.385 e. The van der Waals surface area contributed by atoms with Crippen LogP contribution in [0.1, 0.15) is 25.7 Å². The number of halogens is 1. The number of rotatable bonds is 10. The summed E-state index contributed by atoms with van der Waals surface area (Å²) < 4.78 is 31.9. The van der Waals surface area contributed by atoms with Crippen LogP contribution in [0.5, 0.6) is 0 Å². The van der Waals surface area contributed by atoms with Gasteiger partial charge in [-0.2, -0.15) is 0 Å². The second-order valence-electron chi connectivity index (χ2n) is 6.87. The first-order chi connectivity index (χ1) is 13.8. The van der Waals surface area contributed by atoms with Gasteiger partial charge in [-0.15, -0.1) is 0 Å². The van der Waals surface area contributed by atoms with E-state index in [1.807, 2.05) is 0 Å². The van der Waals surface area contributed by atoms with Crippen molar-refractivity contribution in [1.82, 2.24) is 14.9 Å². The number of methoxy groups -OCH3 is 1. The molecule has 8 nitrogen and oxygen atoms in total. The van der Waals surface area contributed by atoms with E-state index in [4.69, 9.17) is 16.3 Å². The molecule has 1 aromatic carbocycles. The van der Waals surface area contributed by atoms with E-state index in [1.54, 1.807) is 24.1 Å². The maximum absolute atomic E-state index is 12.4. The maximum atomic E-state index is 12.4. The van der Waals surface area contributed by atoms with E-state index in [0.717, 1.165) is 6.42 Å². The quantitative estimate of drug-likeness (QED) is 0.529. The van der Waals surface area contributed by atoms with Crippen LogP contribution >= 0.6 is 11.6 Å². The van der Waals surface area contributed by atoms with Crippen molar-refractivity contribution >= 4 is 33.4 Å². The summed E-state index contributed by atoms with van der Waals surface area (Å²) in [5.74, 6) is -0.216. The number of likely N-dealkylation sites (tertiary alicyclic amines) is 1. The lowest BCUT2D eigenvalue weighted by atomic mass is 9.95. The van der Waals surface area contributed by atoms with E-state index in [1.165, 1.54) is 12.1 Å². The normalized spacial score (nSPS) is 15.3. The van der Waals surface area contributed by atoms with Crippen molar-refractivity contribution in [2.24, 2.45) is 5.92 Å². The third-order valence-corrected chi connectivity index (χ3v) is 6.76. The molecule has 0 bridgehead atoms. The van der Waals surface area contributed by atoms with Gasteiger partial charge in [-0.1, -0.05) is 23.7 Å². The van der Waals surface area contributed by atoms with Crippen molar-refractivity contribution in [2.75, 3.05) is 39.9 Å². The molecular formula is C19H28ClN3O5S. The predicted octanol–water partition coefficient (Wildman–Crippen LogP) is 1.40. The van der Waals surface area contributed by atoms with Crippen molar-refractivity contribution in [3.63, 3.8) is 0 Å². The molecule has 2 N–H and O–H groups in total. The van der Waals surface area contributed by atoms with Crippen molar-refractivity contribution in [1.29, 1.82) is 0 Å². The molecule has 0 aromatic heterocycles. The number of benzene rings is 1. The number of carbonyl (C=O) groups is 2. The van der Waals surface area contributed by atoms with Crippen molar-refractivity contribution < 1.29 is 22.7 Å². The second-order valence-corrected chi connectivity index (χ2v) is 9.01. The Bertz CT molecular complexity index is 795. The molecule has 1 saturated heterocycles. The number of nitrogens with one attached hydrogen (secondary N) is 2. The van der Waals surface area contributed by atoms with Gasteiger partial charge < -0.3 is 15.0 Å². The molecule has 0 radical (unpaired) electrons. The Morgan fingerprint density at radius 2 is 1.90 bits per heavy atom. The highest BCUT2D eigenvalue weighted by Gasteiger charge is 2.27. The first kappa shape index (κ1) is 23.6. The van der Waals surface area contributed by atoms with E-state index in [0.29, 0.717) is 39.1 Å². The first-order valence-electron chi connectivity index (χ1n) is 9.63. The van der Waals surface area contributed by atoms with Crippen LogP contribution in [0.2, 0.25) is 5.02 Å². The number of piperidine rings is 1. The SMILES string of the molecule is COCCCNC(=O)C1CCN(C(=O)CCNS(=O)(=O)c2ccccc2Cl)CC1. The Balaban J connectivity index is 1.72. The number of hydrogen-bond donors (Lipinski definition) is 2.